The molecule has 174 valence electrons. The van der Waals surface area contributed by atoms with Gasteiger partial charge >= 0.3 is 0 Å². The molecule has 1 heterocycles. The molecule has 2 saturated carbocycles. The van der Waals surface area contributed by atoms with Gasteiger partial charge in [0.2, 0.25) is 11.8 Å². The Morgan fingerprint density at radius 2 is 1.62 bits per heavy atom. The van der Waals surface area contributed by atoms with Crippen molar-refractivity contribution in [3.8, 4) is 0 Å². The maximum atomic E-state index is 12.7. The summed E-state index contributed by atoms with van der Waals surface area (Å²) in [6.07, 6.45) is 6.81. The minimum Gasteiger partial charge on any atom is -0.369 e. The predicted molar refractivity (Wildman–Crippen MR) is 127 cm³/mol. The minimum atomic E-state index is -0.306. The highest BCUT2D eigenvalue weighted by atomic mass is 79.9. The molecule has 2 aliphatic carbocycles. The topological polar surface area (TPSA) is 92.5 Å². The van der Waals surface area contributed by atoms with Gasteiger partial charge in [-0.2, -0.15) is 0 Å². The Balaban J connectivity index is 1.12. The summed E-state index contributed by atoms with van der Waals surface area (Å²) in [6, 6.07) is 7.64. The molecular weight excluding hydrogens is 470 g/mol. The molecule has 4 rings (SSSR count). The maximum Gasteiger partial charge on any atom is 0.224 e. The normalized spacial score (nSPS) is 28.0. The Morgan fingerprint density at radius 1 is 0.969 bits per heavy atom. The Morgan fingerprint density at radius 3 is 2.28 bits per heavy atom. The number of hydrogen-bond acceptors (Lipinski definition) is 4. The number of likely N-dealkylation sites (tertiary alicyclic amines) is 1. The predicted octanol–water partition coefficient (Wildman–Crippen LogP) is 3.39. The van der Waals surface area contributed by atoms with Crippen molar-refractivity contribution >= 4 is 33.5 Å². The van der Waals surface area contributed by atoms with E-state index in [1.54, 1.807) is 0 Å². The van der Waals surface area contributed by atoms with Gasteiger partial charge in [0.15, 0.2) is 5.78 Å². The first-order valence-electron chi connectivity index (χ1n) is 12.0. The molecule has 6 nitrogen and oxygen atoms in total. The fourth-order valence-corrected chi connectivity index (χ4v) is 6.40. The van der Waals surface area contributed by atoms with E-state index in [1.807, 2.05) is 24.3 Å². The number of piperidine rings is 1. The molecular formula is C25H34BrN3O3. The molecule has 3 N–H and O–H groups in total. The first kappa shape index (κ1) is 23.4. The second-order valence-corrected chi connectivity index (χ2v) is 10.7. The van der Waals surface area contributed by atoms with Crippen LogP contribution >= 0.6 is 15.9 Å². The highest BCUT2D eigenvalue weighted by Crippen LogP contribution is 2.52. The Hall–Kier alpha value is -1.73. The van der Waals surface area contributed by atoms with E-state index in [0.717, 1.165) is 74.6 Å². The summed E-state index contributed by atoms with van der Waals surface area (Å²) in [5.74, 6) is 0.253. The summed E-state index contributed by atoms with van der Waals surface area (Å²) in [7, 11) is 0. The number of benzene rings is 1. The third-order valence-corrected chi connectivity index (χ3v) is 8.36. The number of halogens is 1. The first-order chi connectivity index (χ1) is 15.4. The number of carbonyl (C=O) groups is 3. The van der Waals surface area contributed by atoms with Gasteiger partial charge in [-0.1, -0.05) is 28.1 Å². The Kier molecular flexibility index (Phi) is 7.66. The number of primary amides is 1. The number of hydrogen-bond donors (Lipinski definition) is 2. The van der Waals surface area contributed by atoms with Crippen molar-refractivity contribution < 1.29 is 14.4 Å². The third-order valence-electron chi connectivity index (χ3n) is 7.84. The van der Waals surface area contributed by atoms with E-state index in [0.29, 0.717) is 18.4 Å². The van der Waals surface area contributed by atoms with Gasteiger partial charge in [-0.25, -0.2) is 0 Å². The lowest BCUT2D eigenvalue weighted by Crippen LogP contribution is -2.43. The molecule has 1 aliphatic heterocycles. The van der Waals surface area contributed by atoms with Gasteiger partial charge in [0.1, 0.15) is 0 Å². The molecule has 0 aromatic heterocycles. The lowest BCUT2D eigenvalue weighted by Gasteiger charge is -2.31. The SMILES string of the molecule is NC(=O)C1C2CCC(C2)C1C(=O)NCCCCN1CCC(C(=O)c2ccc(Br)cc2)CC1. The molecule has 7 heteroatoms. The molecule has 1 saturated heterocycles. The molecule has 1 aromatic carbocycles. The van der Waals surface area contributed by atoms with Crippen LogP contribution in [0.3, 0.4) is 0 Å². The number of nitrogens with two attached hydrogens (primary N) is 1. The van der Waals surface area contributed by atoms with E-state index in [-0.39, 0.29) is 35.4 Å². The zero-order valence-corrected chi connectivity index (χ0v) is 20.2. The zero-order valence-electron chi connectivity index (χ0n) is 18.6. The van der Waals surface area contributed by atoms with Gasteiger partial charge in [0.05, 0.1) is 11.8 Å². The van der Waals surface area contributed by atoms with Crippen LogP contribution in [0.25, 0.3) is 0 Å². The van der Waals surface area contributed by atoms with E-state index in [1.165, 1.54) is 0 Å². The molecule has 3 fully saturated rings. The number of amides is 2. The van der Waals surface area contributed by atoms with Gasteiger partial charge in [0, 0.05) is 22.5 Å². The summed E-state index contributed by atoms with van der Waals surface area (Å²) >= 11 is 3.41. The summed E-state index contributed by atoms with van der Waals surface area (Å²) in [4.78, 5) is 39.6. The average Bonchev–Trinajstić information content (AvgIpc) is 3.41. The molecule has 4 unspecified atom stereocenters. The molecule has 2 amide bonds. The standard InChI is InChI=1S/C25H34BrN3O3/c26-20-7-5-16(6-8-20)23(30)17-9-13-29(14-10-17)12-2-1-11-28-25(32)22-19-4-3-18(15-19)21(22)24(27)31/h5-8,17-19,21-22H,1-4,9-15H2,(H2,27,31)(H,28,32). The zero-order chi connectivity index (χ0) is 22.7. The van der Waals surface area contributed by atoms with Gasteiger partial charge in [-0.05, 0) is 88.5 Å². The van der Waals surface area contributed by atoms with Crippen LogP contribution in [0, 0.1) is 29.6 Å². The fourth-order valence-electron chi connectivity index (χ4n) is 6.14. The number of nitrogens with one attached hydrogen (secondary N) is 1. The van der Waals surface area contributed by atoms with Gasteiger partial charge in [-0.3, -0.25) is 14.4 Å². The van der Waals surface area contributed by atoms with Crippen molar-refractivity contribution in [2.24, 2.45) is 35.3 Å². The summed E-state index contributed by atoms with van der Waals surface area (Å²) < 4.78 is 0.989. The molecule has 3 aliphatic rings. The second-order valence-electron chi connectivity index (χ2n) is 9.77. The quantitative estimate of drug-likeness (QED) is 0.399. The summed E-state index contributed by atoms with van der Waals surface area (Å²) in [6.45, 7) is 3.54. The number of fused-ring (bicyclic) bond motifs is 2. The van der Waals surface area contributed by atoms with Gasteiger partial charge < -0.3 is 16.0 Å². The van der Waals surface area contributed by atoms with Crippen LogP contribution in [-0.4, -0.2) is 48.7 Å². The van der Waals surface area contributed by atoms with E-state index in [9.17, 15) is 14.4 Å². The molecule has 32 heavy (non-hydrogen) atoms. The molecule has 2 bridgehead atoms. The Labute approximate surface area is 198 Å². The molecule has 1 aromatic rings. The van der Waals surface area contributed by atoms with Crippen LogP contribution in [0.1, 0.15) is 55.3 Å². The monoisotopic (exact) mass is 503 g/mol. The number of nitrogens with zero attached hydrogens (tertiary/aromatic N) is 1. The van der Waals surface area contributed by atoms with Crippen LogP contribution < -0.4 is 11.1 Å². The number of rotatable bonds is 9. The molecule has 0 radical (unpaired) electrons. The fraction of sp³-hybridized carbons (Fsp3) is 0.640. The van der Waals surface area contributed by atoms with E-state index < -0.39 is 0 Å². The smallest absolute Gasteiger partial charge is 0.224 e. The van der Waals surface area contributed by atoms with E-state index in [4.69, 9.17) is 5.73 Å². The van der Waals surface area contributed by atoms with Crippen molar-refractivity contribution in [3.05, 3.63) is 34.3 Å². The first-order valence-corrected chi connectivity index (χ1v) is 12.8. The van der Waals surface area contributed by atoms with Crippen LogP contribution in [0.4, 0.5) is 0 Å². The van der Waals surface area contributed by atoms with Crippen LogP contribution in [0.5, 0.6) is 0 Å². The van der Waals surface area contributed by atoms with E-state index >= 15 is 0 Å². The highest BCUT2D eigenvalue weighted by Gasteiger charge is 2.53. The molecule has 0 spiro atoms. The molecule has 4 atom stereocenters. The van der Waals surface area contributed by atoms with Crippen molar-refractivity contribution in [1.29, 1.82) is 0 Å². The minimum absolute atomic E-state index is 0.0215. The third kappa shape index (κ3) is 5.25. The van der Waals surface area contributed by atoms with Gasteiger partial charge in [0.25, 0.3) is 0 Å². The Bertz CT molecular complexity index is 835. The summed E-state index contributed by atoms with van der Waals surface area (Å²) in [5, 5.41) is 3.06. The largest absolute Gasteiger partial charge is 0.369 e. The average molecular weight is 504 g/mol. The van der Waals surface area contributed by atoms with Crippen LogP contribution in [0.2, 0.25) is 0 Å². The lowest BCUT2D eigenvalue weighted by molar-refractivity contribution is -0.135. The number of ketones is 1. The van der Waals surface area contributed by atoms with Crippen molar-refractivity contribution in [2.75, 3.05) is 26.2 Å². The van der Waals surface area contributed by atoms with Crippen molar-refractivity contribution in [3.63, 3.8) is 0 Å². The highest BCUT2D eigenvalue weighted by molar-refractivity contribution is 9.10. The summed E-state index contributed by atoms with van der Waals surface area (Å²) in [5.41, 5.74) is 6.39. The van der Waals surface area contributed by atoms with Crippen LogP contribution in [-0.2, 0) is 9.59 Å². The van der Waals surface area contributed by atoms with Crippen molar-refractivity contribution in [2.45, 2.75) is 44.9 Å². The van der Waals surface area contributed by atoms with Crippen LogP contribution in [0.15, 0.2) is 28.7 Å². The maximum absolute atomic E-state index is 12.7. The van der Waals surface area contributed by atoms with Crippen molar-refractivity contribution in [1.82, 2.24) is 10.2 Å². The van der Waals surface area contributed by atoms with Gasteiger partial charge in [-0.15, -0.1) is 0 Å². The lowest BCUT2D eigenvalue weighted by atomic mass is 9.78. The second kappa shape index (κ2) is 10.5. The number of unbranched alkanes of at least 4 members (excludes halogenated alkanes) is 1. The number of Topliss-reactive ketones (excluding diaryl/α,β-unsaturated/α-hetero) is 1. The van der Waals surface area contributed by atoms with E-state index in [2.05, 4.69) is 26.1 Å². The number of carbonyl (C=O) groups excluding carboxylic acids is 3.